The highest BCUT2D eigenvalue weighted by Gasteiger charge is 2.22. The number of para-hydroxylation sites is 2. The monoisotopic (exact) mass is 311 g/mol. The lowest BCUT2D eigenvalue weighted by atomic mass is 10.3. The zero-order chi connectivity index (χ0) is 15.6. The summed E-state index contributed by atoms with van der Waals surface area (Å²) in [4.78, 5) is 8.99. The first-order valence-electron chi connectivity index (χ1n) is 5.62. The third-order valence-electron chi connectivity index (χ3n) is 2.62. The summed E-state index contributed by atoms with van der Waals surface area (Å²) < 4.78 is 40.0. The van der Waals surface area contributed by atoms with E-state index in [9.17, 15) is 22.9 Å². The van der Waals surface area contributed by atoms with Gasteiger partial charge in [0.05, 0.1) is 22.4 Å². The van der Waals surface area contributed by atoms with Gasteiger partial charge >= 0.3 is 0 Å². The Labute approximate surface area is 119 Å². The molecule has 0 heterocycles. The molecule has 0 bridgehead atoms. The third-order valence-corrected chi connectivity index (χ3v) is 4.02. The Bertz CT molecular complexity index is 808. The fraction of sp³-hybridized carbons (Fsp3) is 0. The Morgan fingerprint density at radius 2 is 1.86 bits per heavy atom. The minimum atomic E-state index is -4.24. The molecule has 2 rings (SSSR count). The van der Waals surface area contributed by atoms with Crippen molar-refractivity contribution in [3.63, 3.8) is 0 Å². The van der Waals surface area contributed by atoms with Crippen LogP contribution in [0, 0.1) is 15.9 Å². The molecule has 0 aliphatic carbocycles. The SMILES string of the molecule is Nc1ccccc1NS(=O)(=O)c1ccc([N+](=O)[O-])cc1F. The summed E-state index contributed by atoms with van der Waals surface area (Å²) >= 11 is 0. The maximum Gasteiger partial charge on any atom is 0.272 e. The molecule has 0 saturated carbocycles. The van der Waals surface area contributed by atoms with E-state index >= 15 is 0 Å². The number of anilines is 2. The van der Waals surface area contributed by atoms with Gasteiger partial charge in [-0.3, -0.25) is 14.8 Å². The number of benzene rings is 2. The lowest BCUT2D eigenvalue weighted by Crippen LogP contribution is -2.15. The number of hydrogen-bond acceptors (Lipinski definition) is 5. The van der Waals surface area contributed by atoms with E-state index in [0.29, 0.717) is 6.07 Å². The minimum Gasteiger partial charge on any atom is -0.397 e. The lowest BCUT2D eigenvalue weighted by Gasteiger charge is -2.10. The summed E-state index contributed by atoms with van der Waals surface area (Å²) in [5, 5.41) is 10.5. The first-order chi connectivity index (χ1) is 9.81. The summed E-state index contributed by atoms with van der Waals surface area (Å²) in [6.45, 7) is 0. The molecule has 2 aromatic rings. The van der Waals surface area contributed by atoms with Crippen LogP contribution in [0.3, 0.4) is 0 Å². The molecule has 0 fully saturated rings. The molecule has 0 saturated heterocycles. The van der Waals surface area contributed by atoms with Crippen molar-refractivity contribution in [3.8, 4) is 0 Å². The van der Waals surface area contributed by atoms with Crippen LogP contribution < -0.4 is 10.5 Å². The number of rotatable bonds is 4. The van der Waals surface area contributed by atoms with Crippen LogP contribution in [0.25, 0.3) is 0 Å². The molecule has 0 radical (unpaired) electrons. The van der Waals surface area contributed by atoms with Gasteiger partial charge < -0.3 is 5.73 Å². The lowest BCUT2D eigenvalue weighted by molar-refractivity contribution is -0.385. The van der Waals surface area contributed by atoms with Gasteiger partial charge in [0.15, 0.2) is 5.82 Å². The van der Waals surface area contributed by atoms with Crippen LogP contribution in [0.2, 0.25) is 0 Å². The van der Waals surface area contributed by atoms with E-state index in [1.54, 1.807) is 12.1 Å². The Kier molecular flexibility index (Phi) is 3.76. The molecule has 3 N–H and O–H groups in total. The molecule has 0 aromatic heterocycles. The number of nitrogens with two attached hydrogens (primary N) is 1. The van der Waals surface area contributed by atoms with Crippen LogP contribution in [-0.4, -0.2) is 13.3 Å². The number of sulfonamides is 1. The second kappa shape index (κ2) is 5.37. The minimum absolute atomic E-state index is 0.0928. The van der Waals surface area contributed by atoms with E-state index in [4.69, 9.17) is 5.73 Å². The smallest absolute Gasteiger partial charge is 0.272 e. The Hall–Kier alpha value is -2.68. The van der Waals surface area contributed by atoms with Gasteiger partial charge in [-0.25, -0.2) is 12.8 Å². The molecule has 0 amide bonds. The van der Waals surface area contributed by atoms with Crippen LogP contribution in [0.5, 0.6) is 0 Å². The first-order valence-corrected chi connectivity index (χ1v) is 7.11. The summed E-state index contributed by atoms with van der Waals surface area (Å²) in [5.41, 5.74) is 5.32. The number of halogens is 1. The molecule has 9 heteroatoms. The van der Waals surface area contributed by atoms with E-state index in [2.05, 4.69) is 4.72 Å². The van der Waals surface area contributed by atoms with Crippen molar-refractivity contribution in [2.45, 2.75) is 4.90 Å². The quantitative estimate of drug-likeness (QED) is 0.510. The van der Waals surface area contributed by atoms with Crippen LogP contribution in [0.1, 0.15) is 0 Å². The molecule has 110 valence electrons. The van der Waals surface area contributed by atoms with Crippen molar-refractivity contribution in [2.75, 3.05) is 10.5 Å². The summed E-state index contributed by atoms with van der Waals surface area (Å²) in [5.74, 6) is -1.22. The molecule has 2 aromatic carbocycles. The molecular formula is C12H10FN3O4S. The average molecular weight is 311 g/mol. The van der Waals surface area contributed by atoms with Gasteiger partial charge in [-0.05, 0) is 18.2 Å². The van der Waals surface area contributed by atoms with E-state index in [1.165, 1.54) is 12.1 Å². The van der Waals surface area contributed by atoms with E-state index < -0.39 is 31.3 Å². The average Bonchev–Trinajstić information content (AvgIpc) is 2.40. The number of nitro groups is 1. The van der Waals surface area contributed by atoms with Crippen molar-refractivity contribution in [3.05, 3.63) is 58.4 Å². The summed E-state index contributed by atoms with van der Waals surface area (Å²) in [6, 6.07) is 8.34. The van der Waals surface area contributed by atoms with Crippen LogP contribution in [0.15, 0.2) is 47.4 Å². The van der Waals surface area contributed by atoms with E-state index in [1.807, 2.05) is 0 Å². The number of hydrogen-bond donors (Lipinski definition) is 2. The Balaban J connectivity index is 2.41. The fourth-order valence-corrected chi connectivity index (χ4v) is 2.76. The summed E-state index contributed by atoms with van der Waals surface area (Å²) in [7, 11) is -4.24. The Morgan fingerprint density at radius 3 is 2.43 bits per heavy atom. The number of nitro benzene ring substituents is 1. The van der Waals surface area contributed by atoms with Crippen LogP contribution >= 0.6 is 0 Å². The van der Waals surface area contributed by atoms with Crippen molar-refractivity contribution < 1.29 is 17.7 Å². The van der Waals surface area contributed by atoms with Gasteiger partial charge in [0.2, 0.25) is 0 Å². The van der Waals surface area contributed by atoms with Gasteiger partial charge in [0, 0.05) is 6.07 Å². The van der Waals surface area contributed by atoms with Gasteiger partial charge in [-0.15, -0.1) is 0 Å². The maximum atomic E-state index is 13.8. The molecule has 0 unspecified atom stereocenters. The fourth-order valence-electron chi connectivity index (χ4n) is 1.61. The maximum absolute atomic E-state index is 13.8. The second-order valence-electron chi connectivity index (χ2n) is 4.06. The standard InChI is InChI=1S/C12H10FN3O4S/c13-9-7-8(16(17)18)5-6-12(9)21(19,20)15-11-4-2-1-3-10(11)14/h1-7,15H,14H2. The predicted octanol–water partition coefficient (Wildman–Crippen LogP) is 2.12. The van der Waals surface area contributed by atoms with Crippen LogP contribution in [-0.2, 0) is 10.0 Å². The topological polar surface area (TPSA) is 115 Å². The number of nitrogen functional groups attached to an aromatic ring is 1. The highest BCUT2D eigenvalue weighted by Crippen LogP contribution is 2.25. The van der Waals surface area contributed by atoms with E-state index in [-0.39, 0.29) is 11.4 Å². The number of non-ortho nitro benzene ring substituents is 1. The van der Waals surface area contributed by atoms with Crippen molar-refractivity contribution >= 4 is 27.1 Å². The molecule has 0 spiro atoms. The molecule has 0 atom stereocenters. The second-order valence-corrected chi connectivity index (χ2v) is 5.72. The number of nitrogens with zero attached hydrogens (tertiary/aromatic N) is 1. The normalized spacial score (nSPS) is 11.1. The highest BCUT2D eigenvalue weighted by atomic mass is 32.2. The van der Waals surface area contributed by atoms with Gasteiger partial charge in [0.25, 0.3) is 15.7 Å². The first kappa shape index (κ1) is 14.7. The van der Waals surface area contributed by atoms with Crippen LogP contribution in [0.4, 0.5) is 21.5 Å². The molecule has 7 nitrogen and oxygen atoms in total. The summed E-state index contributed by atoms with van der Waals surface area (Å²) in [6.07, 6.45) is 0. The highest BCUT2D eigenvalue weighted by molar-refractivity contribution is 7.92. The molecule has 0 aliphatic rings. The van der Waals surface area contributed by atoms with Crippen molar-refractivity contribution in [1.82, 2.24) is 0 Å². The third kappa shape index (κ3) is 3.08. The van der Waals surface area contributed by atoms with Gasteiger partial charge in [-0.1, -0.05) is 12.1 Å². The zero-order valence-electron chi connectivity index (χ0n) is 10.5. The van der Waals surface area contributed by atoms with Gasteiger partial charge in [-0.2, -0.15) is 0 Å². The molecule has 21 heavy (non-hydrogen) atoms. The van der Waals surface area contributed by atoms with Gasteiger partial charge in [0.1, 0.15) is 4.90 Å². The predicted molar refractivity (Wildman–Crippen MR) is 74.7 cm³/mol. The Morgan fingerprint density at radius 1 is 1.19 bits per heavy atom. The number of nitrogens with one attached hydrogen (secondary N) is 1. The molecule has 0 aliphatic heterocycles. The zero-order valence-corrected chi connectivity index (χ0v) is 11.3. The van der Waals surface area contributed by atoms with Crippen molar-refractivity contribution in [2.24, 2.45) is 0 Å². The van der Waals surface area contributed by atoms with Crippen molar-refractivity contribution in [1.29, 1.82) is 0 Å². The molecular weight excluding hydrogens is 301 g/mol. The van der Waals surface area contributed by atoms with E-state index in [0.717, 1.165) is 12.1 Å². The largest absolute Gasteiger partial charge is 0.397 e.